The lowest BCUT2D eigenvalue weighted by molar-refractivity contribution is 0.417. The molecule has 0 radical (unpaired) electrons. The predicted molar refractivity (Wildman–Crippen MR) is 94.6 cm³/mol. The Balaban J connectivity index is 1.82. The van der Waals surface area contributed by atoms with Gasteiger partial charge in [-0.2, -0.15) is 0 Å². The molecule has 0 amide bonds. The summed E-state index contributed by atoms with van der Waals surface area (Å²) in [6.07, 6.45) is 1.50. The Labute approximate surface area is 140 Å². The van der Waals surface area contributed by atoms with Crippen molar-refractivity contribution >= 4 is 23.0 Å². The highest BCUT2D eigenvalue weighted by atomic mass is 16.5. The van der Waals surface area contributed by atoms with Gasteiger partial charge in [0.1, 0.15) is 29.5 Å². The average molecular weight is 322 g/mol. The van der Waals surface area contributed by atoms with E-state index in [2.05, 4.69) is 20.6 Å². The van der Waals surface area contributed by atoms with Crippen molar-refractivity contribution in [2.24, 2.45) is 0 Å². The molecule has 6 heteroatoms. The number of para-hydroxylation sites is 4. The minimum Gasteiger partial charge on any atom is -0.495 e. The van der Waals surface area contributed by atoms with E-state index in [0.29, 0.717) is 11.6 Å². The summed E-state index contributed by atoms with van der Waals surface area (Å²) in [5.41, 5.74) is 1.67. The van der Waals surface area contributed by atoms with E-state index in [9.17, 15) is 0 Å². The Morgan fingerprint density at radius 2 is 1.17 bits per heavy atom. The first-order valence-electron chi connectivity index (χ1n) is 7.42. The van der Waals surface area contributed by atoms with Crippen molar-refractivity contribution in [1.82, 2.24) is 9.97 Å². The van der Waals surface area contributed by atoms with Crippen LogP contribution in [0.2, 0.25) is 0 Å². The average Bonchev–Trinajstić information content (AvgIpc) is 2.63. The van der Waals surface area contributed by atoms with Gasteiger partial charge in [0.2, 0.25) is 0 Å². The first-order valence-corrected chi connectivity index (χ1v) is 7.42. The van der Waals surface area contributed by atoms with Crippen molar-refractivity contribution in [2.75, 3.05) is 24.9 Å². The largest absolute Gasteiger partial charge is 0.495 e. The van der Waals surface area contributed by atoms with Crippen LogP contribution in [0.1, 0.15) is 0 Å². The Hall–Kier alpha value is -3.28. The second kappa shape index (κ2) is 7.32. The van der Waals surface area contributed by atoms with Crippen LogP contribution in [0.25, 0.3) is 0 Å². The van der Waals surface area contributed by atoms with E-state index in [4.69, 9.17) is 9.47 Å². The van der Waals surface area contributed by atoms with Crippen LogP contribution in [0.3, 0.4) is 0 Å². The number of ether oxygens (including phenoxy) is 2. The fraction of sp³-hybridized carbons (Fsp3) is 0.111. The van der Waals surface area contributed by atoms with Crippen LogP contribution in [0.5, 0.6) is 11.5 Å². The summed E-state index contributed by atoms with van der Waals surface area (Å²) in [5, 5.41) is 6.46. The molecule has 122 valence electrons. The van der Waals surface area contributed by atoms with Gasteiger partial charge in [0, 0.05) is 6.07 Å². The molecule has 0 bridgehead atoms. The monoisotopic (exact) mass is 322 g/mol. The summed E-state index contributed by atoms with van der Waals surface area (Å²) < 4.78 is 10.7. The molecule has 0 spiro atoms. The SMILES string of the molecule is COc1ccccc1Nc1cc(Nc2ccccc2OC)ncn1. The molecule has 0 fully saturated rings. The Morgan fingerprint density at radius 1 is 0.708 bits per heavy atom. The van der Waals surface area contributed by atoms with Crippen LogP contribution < -0.4 is 20.1 Å². The highest BCUT2D eigenvalue weighted by Gasteiger charge is 2.06. The summed E-state index contributed by atoms with van der Waals surface area (Å²) >= 11 is 0. The molecule has 3 aromatic rings. The number of hydrogen-bond acceptors (Lipinski definition) is 6. The molecule has 6 nitrogen and oxygen atoms in total. The Kier molecular flexibility index (Phi) is 4.76. The van der Waals surface area contributed by atoms with Gasteiger partial charge in [0.25, 0.3) is 0 Å². The molecule has 24 heavy (non-hydrogen) atoms. The molecule has 1 heterocycles. The smallest absolute Gasteiger partial charge is 0.142 e. The second-order valence-corrected chi connectivity index (χ2v) is 4.94. The number of nitrogens with zero attached hydrogens (tertiary/aromatic N) is 2. The third kappa shape index (κ3) is 3.55. The predicted octanol–water partition coefficient (Wildman–Crippen LogP) is 3.98. The highest BCUT2D eigenvalue weighted by Crippen LogP contribution is 2.29. The zero-order chi connectivity index (χ0) is 16.8. The zero-order valence-electron chi connectivity index (χ0n) is 13.5. The molecule has 0 unspecified atom stereocenters. The van der Waals surface area contributed by atoms with Crippen LogP contribution in [0.4, 0.5) is 23.0 Å². The number of aromatic nitrogens is 2. The maximum Gasteiger partial charge on any atom is 0.142 e. The number of benzene rings is 2. The summed E-state index contributed by atoms with van der Waals surface area (Å²) in [5.74, 6) is 2.81. The summed E-state index contributed by atoms with van der Waals surface area (Å²) in [7, 11) is 3.27. The number of anilines is 4. The molecule has 0 saturated heterocycles. The van der Waals surface area contributed by atoms with Gasteiger partial charge < -0.3 is 20.1 Å². The lowest BCUT2D eigenvalue weighted by atomic mass is 10.3. The zero-order valence-corrected chi connectivity index (χ0v) is 13.5. The molecule has 2 N–H and O–H groups in total. The van der Waals surface area contributed by atoms with E-state index in [1.807, 2.05) is 54.6 Å². The van der Waals surface area contributed by atoms with Crippen molar-refractivity contribution < 1.29 is 9.47 Å². The van der Waals surface area contributed by atoms with Gasteiger partial charge >= 0.3 is 0 Å². The molecule has 2 aromatic carbocycles. The van der Waals surface area contributed by atoms with Gasteiger partial charge in [-0.05, 0) is 24.3 Å². The van der Waals surface area contributed by atoms with E-state index >= 15 is 0 Å². The van der Waals surface area contributed by atoms with E-state index < -0.39 is 0 Å². The fourth-order valence-electron chi connectivity index (χ4n) is 2.27. The summed E-state index contributed by atoms with van der Waals surface area (Å²) in [6.45, 7) is 0. The van der Waals surface area contributed by atoms with Crippen LogP contribution in [0.15, 0.2) is 60.9 Å². The Morgan fingerprint density at radius 3 is 1.62 bits per heavy atom. The molecule has 1 aromatic heterocycles. The van der Waals surface area contributed by atoms with Crippen LogP contribution in [0, 0.1) is 0 Å². The molecule has 3 rings (SSSR count). The quantitative estimate of drug-likeness (QED) is 0.715. The van der Waals surface area contributed by atoms with Crippen molar-refractivity contribution in [2.45, 2.75) is 0 Å². The minimum atomic E-state index is 0.659. The summed E-state index contributed by atoms with van der Waals surface area (Å²) in [6, 6.07) is 17.1. The lowest BCUT2D eigenvalue weighted by Gasteiger charge is -2.12. The normalized spacial score (nSPS) is 10.1. The highest BCUT2D eigenvalue weighted by molar-refractivity contribution is 5.68. The van der Waals surface area contributed by atoms with E-state index in [-0.39, 0.29) is 0 Å². The van der Waals surface area contributed by atoms with E-state index in [1.54, 1.807) is 14.2 Å². The van der Waals surface area contributed by atoms with Crippen LogP contribution in [-0.4, -0.2) is 24.2 Å². The van der Waals surface area contributed by atoms with Crippen molar-refractivity contribution in [1.29, 1.82) is 0 Å². The maximum atomic E-state index is 5.34. The number of rotatable bonds is 6. The second-order valence-electron chi connectivity index (χ2n) is 4.94. The van der Waals surface area contributed by atoms with Gasteiger partial charge in [0.05, 0.1) is 25.6 Å². The molecular weight excluding hydrogens is 304 g/mol. The fourth-order valence-corrected chi connectivity index (χ4v) is 2.27. The molecule has 0 aliphatic heterocycles. The number of methoxy groups -OCH3 is 2. The summed E-state index contributed by atoms with van der Waals surface area (Å²) in [4.78, 5) is 8.49. The molecular formula is C18H18N4O2. The standard InChI is InChI=1S/C18H18N4O2/c1-23-15-9-5-3-7-13(15)21-17-11-18(20-12-19-17)22-14-8-4-6-10-16(14)24-2/h3-12H,1-2H3,(H2,19,20,21,22). The topological polar surface area (TPSA) is 68.3 Å². The Bertz CT molecular complexity index is 759. The molecule has 0 aliphatic carbocycles. The van der Waals surface area contributed by atoms with Gasteiger partial charge in [-0.25, -0.2) is 9.97 Å². The van der Waals surface area contributed by atoms with Crippen molar-refractivity contribution in [3.05, 3.63) is 60.9 Å². The van der Waals surface area contributed by atoms with Crippen molar-refractivity contribution in [3.63, 3.8) is 0 Å². The molecule has 0 atom stereocenters. The van der Waals surface area contributed by atoms with Crippen molar-refractivity contribution in [3.8, 4) is 11.5 Å². The van der Waals surface area contributed by atoms with Crippen LogP contribution in [-0.2, 0) is 0 Å². The molecule has 0 aliphatic rings. The molecule has 0 saturated carbocycles. The third-order valence-corrected chi connectivity index (χ3v) is 3.41. The number of hydrogen-bond donors (Lipinski definition) is 2. The maximum absolute atomic E-state index is 5.34. The minimum absolute atomic E-state index is 0.659. The van der Waals surface area contributed by atoms with Gasteiger partial charge in [-0.3, -0.25) is 0 Å². The van der Waals surface area contributed by atoms with E-state index in [0.717, 1.165) is 22.9 Å². The van der Waals surface area contributed by atoms with Gasteiger partial charge in [0.15, 0.2) is 0 Å². The lowest BCUT2D eigenvalue weighted by Crippen LogP contribution is -2.00. The van der Waals surface area contributed by atoms with E-state index in [1.165, 1.54) is 6.33 Å². The van der Waals surface area contributed by atoms with Gasteiger partial charge in [-0.15, -0.1) is 0 Å². The first-order chi connectivity index (χ1) is 11.8. The third-order valence-electron chi connectivity index (χ3n) is 3.41. The first kappa shape index (κ1) is 15.6. The number of nitrogens with one attached hydrogen (secondary N) is 2. The van der Waals surface area contributed by atoms with Gasteiger partial charge in [-0.1, -0.05) is 24.3 Å². The van der Waals surface area contributed by atoms with Crippen LogP contribution >= 0.6 is 0 Å².